The predicted octanol–water partition coefficient (Wildman–Crippen LogP) is 5.91. The van der Waals surface area contributed by atoms with Crippen molar-refractivity contribution in [2.24, 2.45) is 0 Å². The van der Waals surface area contributed by atoms with Gasteiger partial charge in [-0.25, -0.2) is 0 Å². The first-order chi connectivity index (χ1) is 8.95. The molecule has 0 saturated carbocycles. The number of hydrogen-bond acceptors (Lipinski definition) is 0. The lowest BCUT2D eigenvalue weighted by molar-refractivity contribution is 1.50. The molecule has 0 N–H and O–H groups in total. The van der Waals surface area contributed by atoms with E-state index in [-0.39, 0.29) is 0 Å². The second-order valence-corrected chi connectivity index (χ2v) is 3.15. The van der Waals surface area contributed by atoms with E-state index in [1.54, 1.807) is 0 Å². The van der Waals surface area contributed by atoms with Crippen LogP contribution in [0.4, 0.5) is 0 Å². The fourth-order valence-corrected chi connectivity index (χ4v) is 1.32. The molecule has 0 radical (unpaired) electrons. The van der Waals surface area contributed by atoms with Crippen molar-refractivity contribution in [3.8, 4) is 0 Å². The molecule has 96 valence electrons. The van der Waals surface area contributed by atoms with Gasteiger partial charge in [0.15, 0.2) is 0 Å². The highest BCUT2D eigenvalue weighted by Crippen LogP contribution is 2.06. The fourth-order valence-electron chi connectivity index (χ4n) is 1.32. The third-order valence-corrected chi connectivity index (χ3v) is 2.07. The van der Waals surface area contributed by atoms with E-state index in [0.29, 0.717) is 0 Å². The van der Waals surface area contributed by atoms with Gasteiger partial charge in [-0.3, -0.25) is 0 Å². The standard InChI is InChI=1S/C14H12.2C2H6/c1-3-7-13(8-4-1)11-12-14-9-5-2-6-10-14;2*1-2/h1-12H;2*1-2H3/b12-11+;;. The summed E-state index contributed by atoms with van der Waals surface area (Å²) in [5, 5.41) is 0. The normalized spacial score (nSPS) is 8.89. The summed E-state index contributed by atoms with van der Waals surface area (Å²) in [5.41, 5.74) is 2.47. The van der Waals surface area contributed by atoms with Crippen molar-refractivity contribution in [2.45, 2.75) is 27.7 Å². The summed E-state index contributed by atoms with van der Waals surface area (Å²) in [4.78, 5) is 0. The van der Waals surface area contributed by atoms with Crippen molar-refractivity contribution >= 4 is 12.2 Å². The summed E-state index contributed by atoms with van der Waals surface area (Å²) < 4.78 is 0. The average Bonchev–Trinajstić information content (AvgIpc) is 2.51. The van der Waals surface area contributed by atoms with Crippen LogP contribution in [0.15, 0.2) is 60.7 Å². The van der Waals surface area contributed by atoms with E-state index in [0.717, 1.165) is 0 Å². The first kappa shape index (κ1) is 16.2. The van der Waals surface area contributed by atoms with Gasteiger partial charge in [0.05, 0.1) is 0 Å². The van der Waals surface area contributed by atoms with E-state index in [1.807, 2.05) is 64.1 Å². The molecule has 0 spiro atoms. The summed E-state index contributed by atoms with van der Waals surface area (Å²) in [7, 11) is 0. The van der Waals surface area contributed by atoms with Crippen LogP contribution in [0.5, 0.6) is 0 Å². The molecule has 0 aliphatic carbocycles. The van der Waals surface area contributed by atoms with Crippen LogP contribution in [-0.2, 0) is 0 Å². The monoisotopic (exact) mass is 240 g/mol. The van der Waals surface area contributed by atoms with E-state index in [9.17, 15) is 0 Å². The Balaban J connectivity index is 0.000000659. The summed E-state index contributed by atoms with van der Waals surface area (Å²) in [5.74, 6) is 0. The maximum Gasteiger partial charge on any atom is -0.0256 e. The van der Waals surface area contributed by atoms with Crippen molar-refractivity contribution in [3.05, 3.63) is 71.8 Å². The number of benzene rings is 2. The molecule has 0 saturated heterocycles. The van der Waals surface area contributed by atoms with Crippen LogP contribution in [0, 0.1) is 0 Å². The third kappa shape index (κ3) is 6.70. The molecule has 0 bridgehead atoms. The molecule has 0 aromatic heterocycles. The van der Waals surface area contributed by atoms with Gasteiger partial charge in [-0.15, -0.1) is 0 Å². The van der Waals surface area contributed by atoms with Crippen LogP contribution in [0.2, 0.25) is 0 Å². The minimum Gasteiger partial charge on any atom is -0.0683 e. The highest BCUT2D eigenvalue weighted by atomic mass is 13.9. The second kappa shape index (κ2) is 11.7. The summed E-state index contributed by atoms with van der Waals surface area (Å²) in [6, 6.07) is 20.6. The lowest BCUT2D eigenvalue weighted by atomic mass is 10.1. The van der Waals surface area contributed by atoms with Gasteiger partial charge < -0.3 is 0 Å². The van der Waals surface area contributed by atoms with E-state index in [2.05, 4.69) is 36.4 Å². The molecule has 0 unspecified atom stereocenters. The molecule has 2 aromatic rings. The number of hydrogen-bond donors (Lipinski definition) is 0. The van der Waals surface area contributed by atoms with Crippen molar-refractivity contribution < 1.29 is 0 Å². The van der Waals surface area contributed by atoms with Crippen molar-refractivity contribution in [1.29, 1.82) is 0 Å². The minimum absolute atomic E-state index is 1.23. The zero-order valence-electron chi connectivity index (χ0n) is 11.9. The molecule has 2 aromatic carbocycles. The van der Waals surface area contributed by atoms with E-state index in [1.165, 1.54) is 11.1 Å². The lowest BCUT2D eigenvalue weighted by Gasteiger charge is -1.92. The Kier molecular flexibility index (Phi) is 10.5. The molecular weight excluding hydrogens is 216 g/mol. The smallest absolute Gasteiger partial charge is 0.0256 e. The Hall–Kier alpha value is -1.82. The van der Waals surface area contributed by atoms with Gasteiger partial charge in [0.25, 0.3) is 0 Å². The van der Waals surface area contributed by atoms with Crippen molar-refractivity contribution in [2.75, 3.05) is 0 Å². The molecule has 18 heavy (non-hydrogen) atoms. The summed E-state index contributed by atoms with van der Waals surface area (Å²) in [6.07, 6.45) is 4.24. The molecule has 0 amide bonds. The zero-order chi connectivity index (χ0) is 13.6. The van der Waals surface area contributed by atoms with E-state index in [4.69, 9.17) is 0 Å². The van der Waals surface area contributed by atoms with Crippen LogP contribution in [0.1, 0.15) is 38.8 Å². The van der Waals surface area contributed by atoms with E-state index >= 15 is 0 Å². The van der Waals surface area contributed by atoms with Crippen LogP contribution in [0.25, 0.3) is 12.2 Å². The average molecular weight is 240 g/mol. The van der Waals surface area contributed by atoms with Gasteiger partial charge in [-0.1, -0.05) is 101 Å². The molecule has 0 heteroatoms. The molecule has 0 atom stereocenters. The van der Waals surface area contributed by atoms with Gasteiger partial charge in [0.2, 0.25) is 0 Å². The highest BCUT2D eigenvalue weighted by molar-refractivity contribution is 5.69. The van der Waals surface area contributed by atoms with Gasteiger partial charge in [-0.05, 0) is 11.1 Å². The molecule has 0 aliphatic rings. The highest BCUT2D eigenvalue weighted by Gasteiger charge is 1.84. The predicted molar refractivity (Wildman–Crippen MR) is 84.5 cm³/mol. The molecular formula is C18H24. The molecule has 0 aliphatic heterocycles. The first-order valence-corrected chi connectivity index (χ1v) is 6.73. The molecule has 2 rings (SSSR count). The van der Waals surface area contributed by atoms with Crippen LogP contribution >= 0.6 is 0 Å². The first-order valence-electron chi connectivity index (χ1n) is 6.73. The minimum atomic E-state index is 1.23. The Morgan fingerprint density at radius 1 is 0.500 bits per heavy atom. The fraction of sp³-hybridized carbons (Fsp3) is 0.222. The van der Waals surface area contributed by atoms with Gasteiger partial charge in [-0.2, -0.15) is 0 Å². The quantitative estimate of drug-likeness (QED) is 0.572. The van der Waals surface area contributed by atoms with E-state index < -0.39 is 0 Å². The maximum absolute atomic E-state index is 2.12. The molecule has 0 fully saturated rings. The molecule has 0 heterocycles. The van der Waals surface area contributed by atoms with Crippen LogP contribution in [0.3, 0.4) is 0 Å². The second-order valence-electron chi connectivity index (χ2n) is 3.15. The summed E-state index contributed by atoms with van der Waals surface area (Å²) >= 11 is 0. The Morgan fingerprint density at radius 3 is 1.06 bits per heavy atom. The third-order valence-electron chi connectivity index (χ3n) is 2.07. The van der Waals surface area contributed by atoms with Gasteiger partial charge in [0.1, 0.15) is 0 Å². The topological polar surface area (TPSA) is 0 Å². The molecule has 0 nitrogen and oxygen atoms in total. The van der Waals surface area contributed by atoms with Crippen molar-refractivity contribution in [3.63, 3.8) is 0 Å². The Labute approximate surface area is 112 Å². The largest absolute Gasteiger partial charge is 0.0683 e. The SMILES string of the molecule is C(=C\c1ccccc1)/c1ccccc1.CC.CC. The van der Waals surface area contributed by atoms with Crippen LogP contribution < -0.4 is 0 Å². The number of rotatable bonds is 2. The maximum atomic E-state index is 2.12. The van der Waals surface area contributed by atoms with Gasteiger partial charge >= 0.3 is 0 Å². The van der Waals surface area contributed by atoms with Crippen molar-refractivity contribution in [1.82, 2.24) is 0 Å². The zero-order valence-corrected chi connectivity index (χ0v) is 11.9. The Morgan fingerprint density at radius 2 is 0.778 bits per heavy atom. The lowest BCUT2D eigenvalue weighted by Crippen LogP contribution is -1.70. The van der Waals surface area contributed by atoms with Crippen LogP contribution in [-0.4, -0.2) is 0 Å². The Bertz CT molecular complexity index is 357. The van der Waals surface area contributed by atoms with Gasteiger partial charge in [0, 0.05) is 0 Å². The summed E-state index contributed by atoms with van der Waals surface area (Å²) in [6.45, 7) is 8.00.